The number of nitrogens with one attached hydrogen (secondary N) is 1. The predicted octanol–water partition coefficient (Wildman–Crippen LogP) is 4.37. The summed E-state index contributed by atoms with van der Waals surface area (Å²) < 4.78 is 6.04. The summed E-state index contributed by atoms with van der Waals surface area (Å²) in [7, 11) is 0. The summed E-state index contributed by atoms with van der Waals surface area (Å²) in [6, 6.07) is 10.8. The van der Waals surface area contributed by atoms with Gasteiger partial charge in [0.15, 0.2) is 0 Å². The van der Waals surface area contributed by atoms with Gasteiger partial charge >= 0.3 is 0 Å². The predicted molar refractivity (Wildman–Crippen MR) is 111 cm³/mol. The van der Waals surface area contributed by atoms with Crippen molar-refractivity contribution in [1.29, 1.82) is 0 Å². The van der Waals surface area contributed by atoms with Gasteiger partial charge in [0.1, 0.15) is 18.4 Å². The average Bonchev–Trinajstić information content (AvgIpc) is 2.86. The van der Waals surface area contributed by atoms with Gasteiger partial charge in [-0.05, 0) is 48.2 Å². The molecule has 0 unspecified atom stereocenters. The van der Waals surface area contributed by atoms with Crippen LogP contribution in [0.3, 0.4) is 0 Å². The highest BCUT2D eigenvalue weighted by atomic mass is 35.5. The van der Waals surface area contributed by atoms with Crippen LogP contribution in [-0.2, 0) is 9.59 Å². The zero-order valence-corrected chi connectivity index (χ0v) is 17.3. The number of ether oxygens (including phenoxy) is 1. The van der Waals surface area contributed by atoms with Crippen LogP contribution in [0.5, 0.6) is 5.75 Å². The largest absolute Gasteiger partial charge is 0.491 e. The van der Waals surface area contributed by atoms with Crippen LogP contribution in [0, 0.1) is 6.92 Å². The van der Waals surface area contributed by atoms with Gasteiger partial charge in [0, 0.05) is 23.2 Å². The summed E-state index contributed by atoms with van der Waals surface area (Å²) in [5.41, 5.74) is 3.74. The van der Waals surface area contributed by atoms with Crippen LogP contribution in [0.15, 0.2) is 36.4 Å². The Hall–Kier alpha value is -2.53. The minimum atomic E-state index is -0.712. The SMILES string of the molecule is CC(=O)N[C@@H]1C(=O)N(CCOc2cc(C)ccc2C(C)C)c2ccc(Cl)cc21. The Labute approximate surface area is 170 Å². The molecular weight excluding hydrogens is 376 g/mol. The molecule has 0 saturated heterocycles. The normalized spacial score (nSPS) is 15.7. The highest BCUT2D eigenvalue weighted by Crippen LogP contribution is 2.37. The number of carbonyl (C=O) groups excluding carboxylic acids is 2. The first-order chi connectivity index (χ1) is 13.3. The number of fused-ring (bicyclic) bond motifs is 1. The second-order valence-corrected chi connectivity index (χ2v) is 7.81. The first kappa shape index (κ1) is 20.2. The second-order valence-electron chi connectivity index (χ2n) is 7.37. The molecule has 2 aromatic carbocycles. The van der Waals surface area contributed by atoms with E-state index < -0.39 is 6.04 Å². The maximum Gasteiger partial charge on any atom is 0.254 e. The number of aryl methyl sites for hydroxylation is 1. The molecule has 1 N–H and O–H groups in total. The third-order valence-corrected chi connectivity index (χ3v) is 5.05. The van der Waals surface area contributed by atoms with Crippen molar-refractivity contribution in [3.05, 3.63) is 58.1 Å². The third kappa shape index (κ3) is 4.14. The van der Waals surface area contributed by atoms with E-state index in [2.05, 4.69) is 31.3 Å². The molecule has 0 fully saturated rings. The van der Waals surface area contributed by atoms with E-state index in [9.17, 15) is 9.59 Å². The zero-order valence-electron chi connectivity index (χ0n) is 16.6. The number of halogens is 1. The standard InChI is InChI=1S/C22H25ClN2O3/c1-13(2)17-7-5-14(3)11-20(17)28-10-9-25-19-8-6-16(23)12-18(19)21(22(25)27)24-15(4)26/h5-8,11-13,21H,9-10H2,1-4H3,(H,24,26)/t21-/m0/s1. The molecule has 1 aliphatic rings. The molecule has 28 heavy (non-hydrogen) atoms. The molecule has 0 spiro atoms. The lowest BCUT2D eigenvalue weighted by Gasteiger charge is -2.20. The summed E-state index contributed by atoms with van der Waals surface area (Å²) in [6.45, 7) is 8.41. The minimum Gasteiger partial charge on any atom is -0.491 e. The molecule has 3 rings (SSSR count). The van der Waals surface area contributed by atoms with Gasteiger partial charge in [0.2, 0.25) is 5.91 Å². The van der Waals surface area contributed by atoms with Gasteiger partial charge < -0.3 is 15.0 Å². The smallest absolute Gasteiger partial charge is 0.254 e. The number of carbonyl (C=O) groups is 2. The van der Waals surface area contributed by atoms with Crippen molar-refractivity contribution in [3.8, 4) is 5.75 Å². The van der Waals surface area contributed by atoms with Crippen molar-refractivity contribution < 1.29 is 14.3 Å². The van der Waals surface area contributed by atoms with Gasteiger partial charge in [-0.1, -0.05) is 37.6 Å². The molecule has 0 bridgehead atoms. The van der Waals surface area contributed by atoms with Crippen LogP contribution < -0.4 is 15.0 Å². The Kier molecular flexibility index (Phi) is 5.94. The topological polar surface area (TPSA) is 58.6 Å². The van der Waals surface area contributed by atoms with Crippen molar-refractivity contribution >= 4 is 29.1 Å². The highest BCUT2D eigenvalue weighted by Gasteiger charge is 2.37. The number of hydrogen-bond acceptors (Lipinski definition) is 3. The van der Waals surface area contributed by atoms with E-state index >= 15 is 0 Å². The van der Waals surface area contributed by atoms with Crippen molar-refractivity contribution in [2.75, 3.05) is 18.1 Å². The highest BCUT2D eigenvalue weighted by molar-refractivity contribution is 6.31. The van der Waals surface area contributed by atoms with Crippen molar-refractivity contribution in [3.63, 3.8) is 0 Å². The number of rotatable bonds is 6. The molecule has 2 aromatic rings. The number of anilines is 1. The molecule has 0 aliphatic carbocycles. The van der Waals surface area contributed by atoms with Gasteiger partial charge in [0.05, 0.1) is 6.54 Å². The van der Waals surface area contributed by atoms with E-state index in [1.807, 2.05) is 19.1 Å². The molecule has 1 aliphatic heterocycles. The summed E-state index contributed by atoms with van der Waals surface area (Å²) in [5.74, 6) is 0.750. The fraction of sp³-hybridized carbons (Fsp3) is 0.364. The Balaban J connectivity index is 1.77. The Bertz CT molecular complexity index is 911. The summed E-state index contributed by atoms with van der Waals surface area (Å²) in [6.07, 6.45) is 0. The average molecular weight is 401 g/mol. The quantitative estimate of drug-likeness (QED) is 0.783. The van der Waals surface area contributed by atoms with Crippen molar-refractivity contribution in [1.82, 2.24) is 5.32 Å². The maximum absolute atomic E-state index is 12.9. The van der Waals surface area contributed by atoms with Crippen LogP contribution in [0.25, 0.3) is 0 Å². The van der Waals surface area contributed by atoms with Gasteiger partial charge in [-0.25, -0.2) is 0 Å². The van der Waals surface area contributed by atoms with Crippen molar-refractivity contribution in [2.45, 2.75) is 39.7 Å². The number of benzene rings is 2. The van der Waals surface area contributed by atoms with Gasteiger partial charge in [0.25, 0.3) is 5.91 Å². The van der Waals surface area contributed by atoms with Gasteiger partial charge in [-0.15, -0.1) is 0 Å². The lowest BCUT2D eigenvalue weighted by molar-refractivity contribution is -0.126. The lowest BCUT2D eigenvalue weighted by Crippen LogP contribution is -2.38. The first-order valence-corrected chi connectivity index (χ1v) is 9.77. The lowest BCUT2D eigenvalue weighted by atomic mass is 10.0. The van der Waals surface area contributed by atoms with E-state index in [-0.39, 0.29) is 11.8 Å². The summed E-state index contributed by atoms with van der Waals surface area (Å²) >= 11 is 6.10. The van der Waals surface area contributed by atoms with Crippen LogP contribution in [-0.4, -0.2) is 25.0 Å². The van der Waals surface area contributed by atoms with E-state index in [1.165, 1.54) is 6.92 Å². The Morgan fingerprint density at radius 2 is 2.00 bits per heavy atom. The minimum absolute atomic E-state index is 0.176. The maximum atomic E-state index is 12.9. The molecule has 0 radical (unpaired) electrons. The number of hydrogen-bond donors (Lipinski definition) is 1. The van der Waals surface area contributed by atoms with Crippen LogP contribution in [0.1, 0.15) is 49.4 Å². The van der Waals surface area contributed by atoms with E-state index in [4.69, 9.17) is 16.3 Å². The molecule has 0 aromatic heterocycles. The molecule has 6 heteroatoms. The number of amides is 2. The van der Waals surface area contributed by atoms with Crippen LogP contribution >= 0.6 is 11.6 Å². The van der Waals surface area contributed by atoms with E-state index in [0.29, 0.717) is 29.7 Å². The molecule has 2 amide bonds. The molecular formula is C22H25ClN2O3. The summed E-state index contributed by atoms with van der Waals surface area (Å²) in [4.78, 5) is 26.1. The molecule has 0 saturated carbocycles. The monoisotopic (exact) mass is 400 g/mol. The van der Waals surface area contributed by atoms with Crippen LogP contribution in [0.4, 0.5) is 5.69 Å². The van der Waals surface area contributed by atoms with Crippen LogP contribution in [0.2, 0.25) is 5.02 Å². The Morgan fingerprint density at radius 1 is 1.25 bits per heavy atom. The fourth-order valence-electron chi connectivity index (χ4n) is 3.47. The fourth-order valence-corrected chi connectivity index (χ4v) is 3.65. The van der Waals surface area contributed by atoms with Gasteiger partial charge in [-0.2, -0.15) is 0 Å². The first-order valence-electron chi connectivity index (χ1n) is 9.39. The molecule has 1 atom stereocenters. The summed E-state index contributed by atoms with van der Waals surface area (Å²) in [5, 5.41) is 3.24. The zero-order chi connectivity index (χ0) is 20.4. The van der Waals surface area contributed by atoms with E-state index in [1.54, 1.807) is 17.0 Å². The Morgan fingerprint density at radius 3 is 2.68 bits per heavy atom. The molecule has 1 heterocycles. The van der Waals surface area contributed by atoms with E-state index in [0.717, 1.165) is 22.6 Å². The molecule has 148 valence electrons. The van der Waals surface area contributed by atoms with Gasteiger partial charge in [-0.3, -0.25) is 9.59 Å². The third-order valence-electron chi connectivity index (χ3n) is 4.82. The van der Waals surface area contributed by atoms with Crippen molar-refractivity contribution in [2.24, 2.45) is 0 Å². The second kappa shape index (κ2) is 8.23. The number of nitrogens with zero attached hydrogens (tertiary/aromatic N) is 1. The molecule has 5 nitrogen and oxygen atoms in total.